The van der Waals surface area contributed by atoms with Crippen molar-refractivity contribution in [3.05, 3.63) is 48.0 Å². The van der Waals surface area contributed by atoms with E-state index in [4.69, 9.17) is 4.74 Å². The van der Waals surface area contributed by atoms with Gasteiger partial charge in [-0.15, -0.1) is 0 Å². The van der Waals surface area contributed by atoms with Gasteiger partial charge in [-0.25, -0.2) is 4.21 Å². The molecule has 3 rings (SSSR count). The van der Waals surface area contributed by atoms with Crippen molar-refractivity contribution in [2.45, 2.75) is 32.9 Å². The van der Waals surface area contributed by atoms with E-state index in [0.717, 1.165) is 33.6 Å². The minimum Gasteiger partial charge on any atom is -0.497 e. The molecule has 28 heavy (non-hydrogen) atoms. The third-order valence-corrected chi connectivity index (χ3v) is 5.62. The number of nitriles is 1. The average molecular weight is 398 g/mol. The molecule has 6 heteroatoms. The number of nitrogens with zero attached hydrogens (tertiary/aromatic N) is 2. The number of aryl methyl sites for hydroxylation is 1. The second kappa shape index (κ2) is 9.43. The average Bonchev–Trinajstić information content (AvgIpc) is 3.01. The van der Waals surface area contributed by atoms with Crippen molar-refractivity contribution in [1.29, 1.82) is 5.26 Å². The molecule has 1 N–H and O–H groups in total. The Bertz CT molecular complexity index is 1010. The minimum atomic E-state index is -1.12. The number of methoxy groups -OCH3 is 1. The Morgan fingerprint density at radius 3 is 2.32 bits per heavy atom. The number of rotatable bonds is 5. The molecule has 1 aromatic heterocycles. The van der Waals surface area contributed by atoms with Crippen LogP contribution in [0.1, 0.15) is 33.3 Å². The summed E-state index contributed by atoms with van der Waals surface area (Å²) in [5.41, 5.74) is 4.16. The maximum atomic E-state index is 11.9. The maximum Gasteiger partial charge on any atom is 0.120 e. The van der Waals surface area contributed by atoms with Gasteiger partial charge in [0.05, 0.1) is 23.9 Å². The van der Waals surface area contributed by atoms with E-state index in [1.54, 1.807) is 7.11 Å². The van der Waals surface area contributed by atoms with Gasteiger partial charge in [0, 0.05) is 29.4 Å². The number of fused-ring (bicyclic) bond motifs is 1. The topological polar surface area (TPSA) is 67.0 Å². The SMILES string of the molecule is CC.COc1ccc2c(C#N)c(-c3ccc(NS(=O)C(C)C)cc3)n(C)c2c1. The molecule has 0 aliphatic heterocycles. The zero-order valence-corrected chi connectivity index (χ0v) is 18.1. The lowest BCUT2D eigenvalue weighted by molar-refractivity contribution is 0.415. The number of nitrogens with one attached hydrogen (secondary N) is 1. The molecule has 0 saturated carbocycles. The van der Waals surface area contributed by atoms with E-state index < -0.39 is 11.0 Å². The molecule has 2 aromatic carbocycles. The monoisotopic (exact) mass is 397 g/mol. The fourth-order valence-electron chi connectivity index (χ4n) is 2.92. The Morgan fingerprint density at radius 1 is 1.14 bits per heavy atom. The molecule has 0 aliphatic rings. The van der Waals surface area contributed by atoms with Crippen LogP contribution in [0.15, 0.2) is 42.5 Å². The van der Waals surface area contributed by atoms with Crippen LogP contribution in [0, 0.1) is 11.3 Å². The molecule has 0 radical (unpaired) electrons. The van der Waals surface area contributed by atoms with Gasteiger partial charge in [-0.2, -0.15) is 5.26 Å². The van der Waals surface area contributed by atoms with Crippen LogP contribution in [-0.2, 0) is 18.0 Å². The first-order valence-corrected chi connectivity index (χ1v) is 10.5. The van der Waals surface area contributed by atoms with Crippen LogP contribution in [-0.4, -0.2) is 21.1 Å². The molecule has 1 heterocycles. The summed E-state index contributed by atoms with van der Waals surface area (Å²) in [7, 11) is 2.45. The fourth-order valence-corrected chi connectivity index (χ4v) is 3.53. The van der Waals surface area contributed by atoms with Crippen LogP contribution in [0.2, 0.25) is 0 Å². The first-order valence-electron chi connectivity index (χ1n) is 9.30. The largest absolute Gasteiger partial charge is 0.497 e. The lowest BCUT2D eigenvalue weighted by Crippen LogP contribution is -2.14. The van der Waals surface area contributed by atoms with E-state index in [0.29, 0.717) is 5.56 Å². The molecule has 0 saturated heterocycles. The second-order valence-corrected chi connectivity index (χ2v) is 8.04. The van der Waals surface area contributed by atoms with Gasteiger partial charge in [0.15, 0.2) is 0 Å². The summed E-state index contributed by atoms with van der Waals surface area (Å²) in [6.45, 7) is 7.81. The first-order chi connectivity index (χ1) is 13.5. The predicted octanol–water partition coefficient (Wildman–Crippen LogP) is 5.24. The Hall–Kier alpha value is -2.78. The van der Waals surface area contributed by atoms with E-state index in [1.807, 2.05) is 81.8 Å². The van der Waals surface area contributed by atoms with Crippen molar-refractivity contribution in [2.75, 3.05) is 11.8 Å². The molecule has 1 unspecified atom stereocenters. The second-order valence-electron chi connectivity index (χ2n) is 6.30. The highest BCUT2D eigenvalue weighted by atomic mass is 32.2. The van der Waals surface area contributed by atoms with E-state index in [2.05, 4.69) is 10.8 Å². The van der Waals surface area contributed by atoms with Crippen molar-refractivity contribution in [2.24, 2.45) is 7.05 Å². The van der Waals surface area contributed by atoms with E-state index in [1.165, 1.54) is 0 Å². The molecular formula is C22H27N3O2S. The van der Waals surface area contributed by atoms with Crippen LogP contribution >= 0.6 is 0 Å². The summed E-state index contributed by atoms with van der Waals surface area (Å²) < 4.78 is 22.2. The third-order valence-electron chi connectivity index (χ3n) is 4.32. The van der Waals surface area contributed by atoms with Crippen LogP contribution in [0.3, 0.4) is 0 Å². The van der Waals surface area contributed by atoms with Gasteiger partial charge in [0.2, 0.25) is 0 Å². The molecule has 0 amide bonds. The molecule has 0 spiro atoms. The zero-order chi connectivity index (χ0) is 20.8. The fraction of sp³-hybridized carbons (Fsp3) is 0.318. The lowest BCUT2D eigenvalue weighted by atomic mass is 10.1. The van der Waals surface area contributed by atoms with Crippen LogP contribution < -0.4 is 9.46 Å². The van der Waals surface area contributed by atoms with E-state index >= 15 is 0 Å². The molecule has 0 bridgehead atoms. The van der Waals surface area contributed by atoms with Crippen molar-refractivity contribution in [3.63, 3.8) is 0 Å². The van der Waals surface area contributed by atoms with Crippen LogP contribution in [0.5, 0.6) is 5.75 Å². The Labute approximate surface area is 169 Å². The Balaban J connectivity index is 0.00000136. The highest BCUT2D eigenvalue weighted by Gasteiger charge is 2.17. The summed E-state index contributed by atoms with van der Waals surface area (Å²) in [6.07, 6.45) is 0. The van der Waals surface area contributed by atoms with Crippen molar-refractivity contribution < 1.29 is 8.95 Å². The summed E-state index contributed by atoms with van der Waals surface area (Å²) in [6, 6.07) is 15.7. The highest BCUT2D eigenvalue weighted by molar-refractivity contribution is 7.86. The standard InChI is InChI=1S/C20H21N3O2S.C2H6/c1-13(2)26(24)22-15-7-5-14(6-8-15)20-18(12-21)17-10-9-16(25-4)11-19(17)23(20)3;1-2/h5-11,13,22H,1-4H3;1-2H3. The van der Waals surface area contributed by atoms with Gasteiger partial charge in [-0.05, 0) is 43.7 Å². The first kappa shape index (κ1) is 21.5. The number of hydrogen-bond acceptors (Lipinski definition) is 3. The van der Waals surface area contributed by atoms with Gasteiger partial charge in [0.25, 0.3) is 0 Å². The van der Waals surface area contributed by atoms with Crippen molar-refractivity contribution in [1.82, 2.24) is 4.57 Å². The number of hydrogen-bond donors (Lipinski definition) is 1. The normalized spacial score (nSPS) is 11.5. The lowest BCUT2D eigenvalue weighted by Gasteiger charge is -2.10. The van der Waals surface area contributed by atoms with Crippen LogP contribution in [0.25, 0.3) is 22.2 Å². The number of aromatic nitrogens is 1. The molecule has 148 valence electrons. The van der Waals surface area contributed by atoms with E-state index in [-0.39, 0.29) is 5.25 Å². The summed E-state index contributed by atoms with van der Waals surface area (Å²) in [4.78, 5) is 0. The summed E-state index contributed by atoms with van der Waals surface area (Å²) >= 11 is 0. The minimum absolute atomic E-state index is 0.0352. The van der Waals surface area contributed by atoms with Crippen molar-refractivity contribution in [3.8, 4) is 23.1 Å². The molecule has 1 atom stereocenters. The Kier molecular flexibility index (Phi) is 7.24. The maximum absolute atomic E-state index is 11.9. The van der Waals surface area contributed by atoms with Gasteiger partial charge >= 0.3 is 0 Å². The number of ether oxygens (including phenoxy) is 1. The third kappa shape index (κ3) is 4.20. The molecule has 0 aliphatic carbocycles. The number of anilines is 1. The molecule has 3 aromatic rings. The van der Waals surface area contributed by atoms with Crippen molar-refractivity contribution >= 4 is 27.6 Å². The number of benzene rings is 2. The van der Waals surface area contributed by atoms with Gasteiger partial charge < -0.3 is 14.0 Å². The molecular weight excluding hydrogens is 370 g/mol. The molecule has 0 fully saturated rings. The van der Waals surface area contributed by atoms with Crippen LogP contribution in [0.4, 0.5) is 5.69 Å². The summed E-state index contributed by atoms with van der Waals surface area (Å²) in [5, 5.41) is 10.6. The van der Waals surface area contributed by atoms with Gasteiger partial charge in [-0.1, -0.05) is 26.0 Å². The van der Waals surface area contributed by atoms with Gasteiger partial charge in [-0.3, -0.25) is 0 Å². The van der Waals surface area contributed by atoms with Gasteiger partial charge in [0.1, 0.15) is 22.8 Å². The van der Waals surface area contributed by atoms with E-state index in [9.17, 15) is 9.47 Å². The quantitative estimate of drug-likeness (QED) is 0.640. The molecule has 5 nitrogen and oxygen atoms in total. The predicted molar refractivity (Wildman–Crippen MR) is 118 cm³/mol. The Morgan fingerprint density at radius 2 is 1.79 bits per heavy atom. The highest BCUT2D eigenvalue weighted by Crippen LogP contribution is 2.34. The zero-order valence-electron chi connectivity index (χ0n) is 17.2. The summed E-state index contributed by atoms with van der Waals surface area (Å²) in [5.74, 6) is 0.754. The smallest absolute Gasteiger partial charge is 0.120 e.